The maximum absolute atomic E-state index is 13.2. The molecule has 30 heavy (non-hydrogen) atoms. The van der Waals surface area contributed by atoms with Gasteiger partial charge in [-0.05, 0) is 43.2 Å². The van der Waals surface area contributed by atoms with E-state index < -0.39 is 40.2 Å². The van der Waals surface area contributed by atoms with E-state index in [1.807, 2.05) is 0 Å². The van der Waals surface area contributed by atoms with Crippen molar-refractivity contribution in [1.29, 1.82) is 0 Å². The summed E-state index contributed by atoms with van der Waals surface area (Å²) in [5.41, 5.74) is 1.70. The topological polar surface area (TPSA) is 86.8 Å². The van der Waals surface area contributed by atoms with Gasteiger partial charge in [0.15, 0.2) is 0 Å². The summed E-state index contributed by atoms with van der Waals surface area (Å²) in [5, 5.41) is 2.49. The van der Waals surface area contributed by atoms with E-state index in [0.29, 0.717) is 16.8 Å². The van der Waals surface area contributed by atoms with Crippen LogP contribution in [0.2, 0.25) is 0 Å². The predicted octanol–water partition coefficient (Wildman–Crippen LogP) is 2.06. The summed E-state index contributed by atoms with van der Waals surface area (Å²) in [6, 6.07) is 11.5. The molecule has 1 atom stereocenters. The Labute approximate surface area is 176 Å². The summed E-state index contributed by atoms with van der Waals surface area (Å²) in [6.45, 7) is 2.87. The van der Waals surface area contributed by atoms with Crippen LogP contribution in [0, 0.1) is 12.7 Å². The van der Waals surface area contributed by atoms with Crippen molar-refractivity contribution >= 4 is 27.5 Å². The molecule has 0 aromatic heterocycles. The number of likely N-dealkylation sites (N-methyl/N-ethyl adjacent to an activating group) is 1. The summed E-state index contributed by atoms with van der Waals surface area (Å²) in [7, 11) is -2.31. The number of rotatable bonds is 8. The molecule has 9 heteroatoms. The van der Waals surface area contributed by atoms with Gasteiger partial charge < -0.3 is 10.2 Å². The second-order valence-electron chi connectivity index (χ2n) is 6.99. The molecular formula is C21H26FN3O4S. The van der Waals surface area contributed by atoms with Gasteiger partial charge in [0.2, 0.25) is 21.8 Å². The number of benzene rings is 2. The fraction of sp³-hybridized carbons (Fsp3) is 0.333. The molecular weight excluding hydrogens is 409 g/mol. The molecule has 2 aromatic rings. The Morgan fingerprint density at radius 2 is 1.70 bits per heavy atom. The molecule has 162 valence electrons. The molecule has 0 saturated heterocycles. The molecule has 2 rings (SSSR count). The third-order valence-electron chi connectivity index (χ3n) is 4.74. The summed E-state index contributed by atoms with van der Waals surface area (Å²) >= 11 is 0. The number of nitrogens with one attached hydrogen (secondary N) is 1. The summed E-state index contributed by atoms with van der Waals surface area (Å²) in [6.07, 6.45) is 1.03. The van der Waals surface area contributed by atoms with E-state index in [-0.39, 0.29) is 6.54 Å². The van der Waals surface area contributed by atoms with Gasteiger partial charge in [-0.15, -0.1) is 0 Å². The molecule has 0 aliphatic heterocycles. The minimum absolute atomic E-state index is 0.0269. The van der Waals surface area contributed by atoms with Crippen LogP contribution in [0.15, 0.2) is 48.5 Å². The Hall–Kier alpha value is -2.94. The lowest BCUT2D eigenvalue weighted by molar-refractivity contribution is -0.139. The Balaban J connectivity index is 2.38. The Kier molecular flexibility index (Phi) is 7.55. The number of hydrogen-bond acceptors (Lipinski definition) is 4. The third kappa shape index (κ3) is 5.79. The van der Waals surface area contributed by atoms with Crippen molar-refractivity contribution in [1.82, 2.24) is 10.2 Å². The van der Waals surface area contributed by atoms with Gasteiger partial charge >= 0.3 is 0 Å². The standard InChI is InChI=1S/C21H26FN3O4S/c1-15-7-5-6-8-19(15)25(30(4,28)29)14-20(26)24(16(2)21(27)23-3)13-17-9-11-18(22)12-10-17/h5-12,16H,13-14H2,1-4H3,(H,23,27). The molecule has 0 heterocycles. The predicted molar refractivity (Wildman–Crippen MR) is 114 cm³/mol. The number of sulfonamides is 1. The van der Waals surface area contributed by atoms with E-state index in [9.17, 15) is 22.4 Å². The minimum Gasteiger partial charge on any atom is -0.357 e. The van der Waals surface area contributed by atoms with E-state index >= 15 is 0 Å². The Bertz CT molecular complexity index is 1010. The second-order valence-corrected chi connectivity index (χ2v) is 8.90. The number of carbonyl (C=O) groups is 2. The van der Waals surface area contributed by atoms with Crippen LogP contribution in [0.1, 0.15) is 18.1 Å². The molecule has 0 radical (unpaired) electrons. The SMILES string of the molecule is CNC(=O)C(C)N(Cc1ccc(F)cc1)C(=O)CN(c1ccccc1C)S(C)(=O)=O. The third-order valence-corrected chi connectivity index (χ3v) is 5.87. The number of aryl methyl sites for hydroxylation is 1. The number of amides is 2. The van der Waals surface area contributed by atoms with Crippen LogP contribution < -0.4 is 9.62 Å². The number of hydrogen-bond donors (Lipinski definition) is 1. The maximum Gasteiger partial charge on any atom is 0.244 e. The summed E-state index contributed by atoms with van der Waals surface area (Å²) in [5.74, 6) is -1.37. The number of para-hydroxylation sites is 1. The number of anilines is 1. The first-order valence-corrected chi connectivity index (χ1v) is 11.2. The van der Waals surface area contributed by atoms with Gasteiger partial charge in [-0.3, -0.25) is 13.9 Å². The highest BCUT2D eigenvalue weighted by Gasteiger charge is 2.30. The lowest BCUT2D eigenvalue weighted by Crippen LogP contribution is -2.50. The van der Waals surface area contributed by atoms with Gasteiger partial charge in [0.1, 0.15) is 18.4 Å². The average Bonchev–Trinajstić information content (AvgIpc) is 2.70. The zero-order valence-electron chi connectivity index (χ0n) is 17.4. The van der Waals surface area contributed by atoms with Gasteiger partial charge in [-0.25, -0.2) is 12.8 Å². The second kappa shape index (κ2) is 9.71. The fourth-order valence-electron chi connectivity index (χ4n) is 3.02. The largest absolute Gasteiger partial charge is 0.357 e. The molecule has 0 fully saturated rings. The van der Waals surface area contributed by atoms with Gasteiger partial charge in [-0.1, -0.05) is 30.3 Å². The van der Waals surface area contributed by atoms with E-state index in [4.69, 9.17) is 0 Å². The molecule has 0 spiro atoms. The van der Waals surface area contributed by atoms with Crippen LogP contribution in [0.4, 0.5) is 10.1 Å². The quantitative estimate of drug-likeness (QED) is 0.688. The summed E-state index contributed by atoms with van der Waals surface area (Å²) in [4.78, 5) is 26.7. The number of halogens is 1. The van der Waals surface area contributed by atoms with Crippen LogP contribution in [0.5, 0.6) is 0 Å². The van der Waals surface area contributed by atoms with E-state index in [0.717, 1.165) is 10.6 Å². The van der Waals surface area contributed by atoms with Gasteiger partial charge in [0.05, 0.1) is 11.9 Å². The molecule has 1 N–H and O–H groups in total. The molecule has 2 aromatic carbocycles. The Morgan fingerprint density at radius 1 is 1.10 bits per heavy atom. The van der Waals surface area contributed by atoms with Crippen molar-refractivity contribution in [3.8, 4) is 0 Å². The first kappa shape index (κ1) is 23.3. The molecule has 0 bridgehead atoms. The lowest BCUT2D eigenvalue weighted by Gasteiger charge is -2.31. The van der Waals surface area contributed by atoms with E-state index in [1.54, 1.807) is 38.1 Å². The van der Waals surface area contributed by atoms with Crippen LogP contribution in [0.3, 0.4) is 0 Å². The molecule has 0 aliphatic carbocycles. The first-order valence-electron chi connectivity index (χ1n) is 9.33. The first-order chi connectivity index (χ1) is 14.0. The Morgan fingerprint density at radius 3 is 2.23 bits per heavy atom. The van der Waals surface area contributed by atoms with Crippen molar-refractivity contribution in [2.45, 2.75) is 26.4 Å². The van der Waals surface area contributed by atoms with Crippen molar-refractivity contribution in [2.24, 2.45) is 0 Å². The molecule has 0 saturated carbocycles. The molecule has 1 unspecified atom stereocenters. The zero-order valence-corrected chi connectivity index (χ0v) is 18.2. The van der Waals surface area contributed by atoms with Gasteiger partial charge in [0.25, 0.3) is 0 Å². The lowest BCUT2D eigenvalue weighted by atomic mass is 10.1. The average molecular weight is 436 g/mol. The number of nitrogens with zero attached hydrogens (tertiary/aromatic N) is 2. The van der Waals surface area contributed by atoms with Crippen molar-refractivity contribution in [3.63, 3.8) is 0 Å². The van der Waals surface area contributed by atoms with Crippen molar-refractivity contribution in [3.05, 3.63) is 65.5 Å². The highest BCUT2D eigenvalue weighted by Crippen LogP contribution is 2.22. The van der Waals surface area contributed by atoms with Crippen LogP contribution >= 0.6 is 0 Å². The fourth-order valence-corrected chi connectivity index (χ4v) is 3.92. The highest BCUT2D eigenvalue weighted by molar-refractivity contribution is 7.92. The van der Waals surface area contributed by atoms with E-state index in [2.05, 4.69) is 5.32 Å². The van der Waals surface area contributed by atoms with Crippen molar-refractivity contribution in [2.75, 3.05) is 24.2 Å². The molecule has 7 nitrogen and oxygen atoms in total. The summed E-state index contributed by atoms with van der Waals surface area (Å²) < 4.78 is 39.1. The van der Waals surface area contributed by atoms with Crippen LogP contribution in [-0.2, 0) is 26.2 Å². The minimum atomic E-state index is -3.76. The normalized spacial score (nSPS) is 12.2. The van der Waals surface area contributed by atoms with Gasteiger partial charge in [-0.2, -0.15) is 0 Å². The van der Waals surface area contributed by atoms with Crippen molar-refractivity contribution < 1.29 is 22.4 Å². The molecule has 0 aliphatic rings. The highest BCUT2D eigenvalue weighted by atomic mass is 32.2. The van der Waals surface area contributed by atoms with Gasteiger partial charge in [0, 0.05) is 13.6 Å². The number of carbonyl (C=O) groups excluding carboxylic acids is 2. The van der Waals surface area contributed by atoms with Crippen LogP contribution in [-0.4, -0.2) is 51.0 Å². The van der Waals surface area contributed by atoms with Crippen LogP contribution in [0.25, 0.3) is 0 Å². The van der Waals surface area contributed by atoms with E-state index in [1.165, 1.54) is 36.2 Å². The monoisotopic (exact) mass is 435 g/mol. The molecule has 2 amide bonds. The zero-order chi connectivity index (χ0) is 22.5. The maximum atomic E-state index is 13.2. The smallest absolute Gasteiger partial charge is 0.244 e.